The number of fused-ring (bicyclic) bond motifs is 1. The first-order chi connectivity index (χ1) is 10.1. The van der Waals surface area contributed by atoms with Crippen molar-refractivity contribution in [2.45, 2.75) is 25.4 Å². The van der Waals surface area contributed by atoms with Gasteiger partial charge in [0.25, 0.3) is 0 Å². The number of ether oxygens (including phenoxy) is 2. The van der Waals surface area contributed by atoms with Crippen molar-refractivity contribution in [1.82, 2.24) is 4.90 Å². The van der Waals surface area contributed by atoms with Gasteiger partial charge in [-0.3, -0.25) is 0 Å². The van der Waals surface area contributed by atoms with Crippen LogP contribution in [0.2, 0.25) is 5.02 Å². The zero-order chi connectivity index (χ0) is 14.8. The van der Waals surface area contributed by atoms with Gasteiger partial charge < -0.3 is 19.7 Å². The molecule has 21 heavy (non-hydrogen) atoms. The highest BCUT2D eigenvalue weighted by Gasteiger charge is 2.23. The maximum absolute atomic E-state index is 12.3. The number of rotatable bonds is 3. The Hall–Kier alpha value is -1.46. The Balaban J connectivity index is 1.67. The Kier molecular flexibility index (Phi) is 4.22. The highest BCUT2D eigenvalue weighted by molar-refractivity contribution is 6.31. The van der Waals surface area contributed by atoms with E-state index in [0.717, 1.165) is 37.2 Å². The molecular weight excluding hydrogens is 292 g/mol. The first kappa shape index (κ1) is 14.5. The number of hydrogen-bond acceptors (Lipinski definition) is 3. The predicted octanol–water partition coefficient (Wildman–Crippen LogP) is 2.92. The quantitative estimate of drug-likeness (QED) is 0.934. The monoisotopic (exact) mass is 310 g/mol. The van der Waals surface area contributed by atoms with Crippen molar-refractivity contribution in [2.24, 2.45) is 0 Å². The molecule has 1 atom stereocenters. The van der Waals surface area contributed by atoms with Gasteiger partial charge >= 0.3 is 6.03 Å². The van der Waals surface area contributed by atoms with Gasteiger partial charge in [0, 0.05) is 37.2 Å². The minimum absolute atomic E-state index is 0.141. The Morgan fingerprint density at radius 2 is 2.33 bits per heavy atom. The zero-order valence-corrected chi connectivity index (χ0v) is 12.8. The lowest BCUT2D eigenvalue weighted by Crippen LogP contribution is -2.37. The van der Waals surface area contributed by atoms with E-state index >= 15 is 0 Å². The second kappa shape index (κ2) is 6.12. The number of anilines is 1. The molecule has 0 saturated carbocycles. The minimum atomic E-state index is -0.175. The van der Waals surface area contributed by atoms with Crippen molar-refractivity contribution < 1.29 is 14.3 Å². The van der Waals surface area contributed by atoms with Gasteiger partial charge in [-0.2, -0.15) is 0 Å². The molecule has 3 rings (SSSR count). The van der Waals surface area contributed by atoms with Crippen molar-refractivity contribution in [3.63, 3.8) is 0 Å². The lowest BCUT2D eigenvalue weighted by molar-refractivity contribution is 0.0894. The van der Waals surface area contributed by atoms with Crippen LogP contribution in [0.25, 0.3) is 0 Å². The van der Waals surface area contributed by atoms with Crippen LogP contribution >= 0.6 is 11.6 Å². The minimum Gasteiger partial charge on any atom is -0.491 e. The third-order valence-electron chi connectivity index (χ3n) is 3.84. The molecular formula is C15H19ClN2O3. The average Bonchev–Trinajstić information content (AvgIpc) is 3.09. The van der Waals surface area contributed by atoms with E-state index in [-0.39, 0.29) is 12.1 Å². The molecule has 2 amide bonds. The van der Waals surface area contributed by atoms with Crippen LogP contribution in [0.4, 0.5) is 10.5 Å². The summed E-state index contributed by atoms with van der Waals surface area (Å²) < 4.78 is 11.1. The van der Waals surface area contributed by atoms with Crippen molar-refractivity contribution in [1.29, 1.82) is 0 Å². The molecule has 6 heteroatoms. The number of hydrogen-bond donors (Lipinski definition) is 1. The van der Waals surface area contributed by atoms with E-state index in [9.17, 15) is 4.79 Å². The lowest BCUT2D eigenvalue weighted by atomic mass is 10.1. The molecule has 1 unspecified atom stereocenters. The Bertz CT molecular complexity index is 544. The standard InChI is InChI=1S/C15H19ClN2O3/c1-18(9-12-3-2-5-20-12)15(19)17-13-8-11(16)7-10-4-6-21-14(10)13/h7-8,12H,2-6,9H2,1H3,(H,17,19). The van der Waals surface area contributed by atoms with Crippen LogP contribution in [-0.2, 0) is 11.2 Å². The number of nitrogens with zero attached hydrogens (tertiary/aromatic N) is 1. The van der Waals surface area contributed by atoms with E-state index in [4.69, 9.17) is 21.1 Å². The fourth-order valence-corrected chi connectivity index (χ4v) is 2.99. The summed E-state index contributed by atoms with van der Waals surface area (Å²) in [5.41, 5.74) is 1.68. The van der Waals surface area contributed by atoms with Crippen molar-refractivity contribution in [3.05, 3.63) is 22.7 Å². The summed E-state index contributed by atoms with van der Waals surface area (Å²) in [6.45, 7) is 2.01. The number of nitrogens with one attached hydrogen (secondary N) is 1. The van der Waals surface area contributed by atoms with Crippen molar-refractivity contribution in [3.8, 4) is 5.75 Å². The van der Waals surface area contributed by atoms with Gasteiger partial charge in [0.2, 0.25) is 0 Å². The highest BCUT2D eigenvalue weighted by atomic mass is 35.5. The number of amides is 2. The van der Waals surface area contributed by atoms with E-state index in [1.165, 1.54) is 0 Å². The van der Waals surface area contributed by atoms with Crippen LogP contribution in [0.15, 0.2) is 12.1 Å². The fourth-order valence-electron chi connectivity index (χ4n) is 2.75. The Morgan fingerprint density at radius 3 is 3.10 bits per heavy atom. The predicted molar refractivity (Wildman–Crippen MR) is 81.3 cm³/mol. The second-order valence-corrected chi connectivity index (χ2v) is 5.92. The molecule has 0 aromatic heterocycles. The number of urea groups is 1. The van der Waals surface area contributed by atoms with Crippen LogP contribution in [0.1, 0.15) is 18.4 Å². The Labute approximate surface area is 129 Å². The maximum atomic E-state index is 12.3. The summed E-state index contributed by atoms with van der Waals surface area (Å²) in [4.78, 5) is 13.9. The molecule has 1 aromatic rings. The molecule has 5 nitrogen and oxygen atoms in total. The van der Waals surface area contributed by atoms with Crippen molar-refractivity contribution >= 4 is 23.3 Å². The first-order valence-corrected chi connectivity index (χ1v) is 7.60. The molecule has 0 radical (unpaired) electrons. The van der Waals surface area contributed by atoms with Crippen LogP contribution < -0.4 is 10.1 Å². The molecule has 1 fully saturated rings. The first-order valence-electron chi connectivity index (χ1n) is 7.22. The molecule has 0 spiro atoms. The van der Waals surface area contributed by atoms with Gasteiger partial charge in [-0.1, -0.05) is 11.6 Å². The molecule has 2 heterocycles. The molecule has 1 aromatic carbocycles. The van der Waals surface area contributed by atoms with E-state index in [1.54, 1.807) is 18.0 Å². The third kappa shape index (κ3) is 3.24. The van der Waals surface area contributed by atoms with Gasteiger partial charge in [-0.05, 0) is 25.0 Å². The smallest absolute Gasteiger partial charge is 0.321 e. The number of benzene rings is 1. The second-order valence-electron chi connectivity index (χ2n) is 5.49. The summed E-state index contributed by atoms with van der Waals surface area (Å²) in [7, 11) is 1.77. The third-order valence-corrected chi connectivity index (χ3v) is 4.06. The summed E-state index contributed by atoms with van der Waals surface area (Å²) in [5, 5.41) is 3.49. The molecule has 1 N–H and O–H groups in total. The lowest BCUT2D eigenvalue weighted by Gasteiger charge is -2.22. The van der Waals surface area contributed by atoms with Crippen molar-refractivity contribution in [2.75, 3.05) is 32.1 Å². The number of carbonyl (C=O) groups excluding carboxylic acids is 1. The van der Waals surface area contributed by atoms with Crippen LogP contribution in [0, 0.1) is 0 Å². The van der Waals surface area contributed by atoms with E-state index in [0.29, 0.717) is 23.9 Å². The molecule has 0 aliphatic carbocycles. The largest absolute Gasteiger partial charge is 0.491 e. The van der Waals surface area contributed by atoms with Crippen LogP contribution in [0.3, 0.4) is 0 Å². The van der Waals surface area contributed by atoms with E-state index in [1.807, 2.05) is 6.07 Å². The van der Waals surface area contributed by atoms with Crippen LogP contribution in [-0.4, -0.2) is 43.8 Å². The summed E-state index contributed by atoms with van der Waals surface area (Å²) in [5.74, 6) is 0.735. The number of carbonyl (C=O) groups is 1. The van der Waals surface area contributed by atoms with Gasteiger partial charge in [0.05, 0.1) is 18.4 Å². The zero-order valence-electron chi connectivity index (χ0n) is 12.0. The normalized spacial score (nSPS) is 20.0. The molecule has 0 bridgehead atoms. The molecule has 2 aliphatic heterocycles. The van der Waals surface area contributed by atoms with Crippen LogP contribution in [0.5, 0.6) is 5.75 Å². The SMILES string of the molecule is CN(CC1CCCO1)C(=O)Nc1cc(Cl)cc2c1OCC2. The Morgan fingerprint density at radius 1 is 1.48 bits per heavy atom. The molecule has 114 valence electrons. The van der Waals surface area contributed by atoms with Gasteiger partial charge in [0.15, 0.2) is 0 Å². The fraction of sp³-hybridized carbons (Fsp3) is 0.533. The van der Waals surface area contributed by atoms with E-state index < -0.39 is 0 Å². The number of halogens is 1. The summed E-state index contributed by atoms with van der Waals surface area (Å²) in [6, 6.07) is 3.43. The topological polar surface area (TPSA) is 50.8 Å². The molecule has 2 aliphatic rings. The average molecular weight is 311 g/mol. The summed E-state index contributed by atoms with van der Waals surface area (Å²) in [6.07, 6.45) is 3.04. The van der Waals surface area contributed by atoms with Gasteiger partial charge in [-0.25, -0.2) is 4.79 Å². The summed E-state index contributed by atoms with van der Waals surface area (Å²) >= 11 is 6.09. The maximum Gasteiger partial charge on any atom is 0.321 e. The van der Waals surface area contributed by atoms with Gasteiger partial charge in [0.1, 0.15) is 5.75 Å². The van der Waals surface area contributed by atoms with Gasteiger partial charge in [-0.15, -0.1) is 0 Å². The molecule has 1 saturated heterocycles. The highest BCUT2D eigenvalue weighted by Crippen LogP contribution is 2.36. The van der Waals surface area contributed by atoms with E-state index in [2.05, 4.69) is 5.32 Å². The number of likely N-dealkylation sites (N-methyl/N-ethyl adjacent to an activating group) is 1.